The summed E-state index contributed by atoms with van der Waals surface area (Å²) >= 11 is 0. The zero-order chi connectivity index (χ0) is 16.0. The summed E-state index contributed by atoms with van der Waals surface area (Å²) in [6.07, 6.45) is 0.698. The minimum atomic E-state index is -1.46. The molecule has 0 aliphatic carbocycles. The molecule has 0 atom stereocenters. The summed E-state index contributed by atoms with van der Waals surface area (Å²) in [7, 11) is 3.78. The molecule has 116 valence electrons. The molecule has 21 heavy (non-hydrogen) atoms. The average Bonchev–Trinajstić information content (AvgIpc) is 2.38. The number of halogens is 2. The SMILES string of the molecule is CN(C)CCCNC(=O)Nc1cc(F)c(F)cc1C(=O)O. The molecule has 0 heterocycles. The zero-order valence-corrected chi connectivity index (χ0v) is 11.7. The van der Waals surface area contributed by atoms with E-state index in [1.165, 1.54) is 0 Å². The van der Waals surface area contributed by atoms with Crippen LogP contribution in [-0.2, 0) is 0 Å². The van der Waals surface area contributed by atoms with Gasteiger partial charge in [0.1, 0.15) is 0 Å². The van der Waals surface area contributed by atoms with E-state index in [4.69, 9.17) is 5.11 Å². The van der Waals surface area contributed by atoms with E-state index in [0.29, 0.717) is 25.1 Å². The number of carbonyl (C=O) groups excluding carboxylic acids is 1. The molecular formula is C13H17F2N3O3. The lowest BCUT2D eigenvalue weighted by atomic mass is 10.1. The lowest BCUT2D eigenvalue weighted by molar-refractivity contribution is 0.0697. The quantitative estimate of drug-likeness (QED) is 0.699. The van der Waals surface area contributed by atoms with E-state index >= 15 is 0 Å². The van der Waals surface area contributed by atoms with Crippen molar-refractivity contribution in [3.8, 4) is 0 Å². The molecule has 1 aromatic rings. The molecule has 1 rings (SSSR count). The maximum absolute atomic E-state index is 13.1. The van der Waals surface area contributed by atoms with Gasteiger partial charge in [0, 0.05) is 12.6 Å². The predicted octanol–water partition coefficient (Wildman–Crippen LogP) is 1.74. The number of amides is 2. The smallest absolute Gasteiger partial charge is 0.337 e. The number of carboxylic acids is 1. The van der Waals surface area contributed by atoms with Gasteiger partial charge in [-0.25, -0.2) is 18.4 Å². The van der Waals surface area contributed by atoms with Crippen LogP contribution in [0, 0.1) is 11.6 Å². The normalized spacial score (nSPS) is 10.5. The van der Waals surface area contributed by atoms with Gasteiger partial charge in [-0.05, 0) is 33.1 Å². The second-order valence-electron chi connectivity index (χ2n) is 4.65. The fourth-order valence-corrected chi connectivity index (χ4v) is 1.59. The van der Waals surface area contributed by atoms with Crippen LogP contribution in [0.4, 0.5) is 19.3 Å². The first-order chi connectivity index (χ1) is 9.81. The number of benzene rings is 1. The molecule has 8 heteroatoms. The maximum Gasteiger partial charge on any atom is 0.337 e. The summed E-state index contributed by atoms with van der Waals surface area (Å²) in [5.74, 6) is -3.98. The number of urea groups is 1. The summed E-state index contributed by atoms with van der Waals surface area (Å²) in [4.78, 5) is 24.5. The largest absolute Gasteiger partial charge is 0.478 e. The van der Waals surface area contributed by atoms with E-state index in [-0.39, 0.29) is 5.69 Å². The van der Waals surface area contributed by atoms with Crippen molar-refractivity contribution < 1.29 is 23.5 Å². The summed E-state index contributed by atoms with van der Waals surface area (Å²) in [5.41, 5.74) is -0.816. The molecule has 2 amide bonds. The zero-order valence-electron chi connectivity index (χ0n) is 11.7. The maximum atomic E-state index is 13.1. The van der Waals surface area contributed by atoms with Gasteiger partial charge in [0.05, 0.1) is 11.3 Å². The molecule has 0 saturated heterocycles. The molecule has 0 aliphatic heterocycles. The number of nitrogens with zero attached hydrogens (tertiary/aromatic N) is 1. The van der Waals surface area contributed by atoms with Crippen molar-refractivity contribution in [3.63, 3.8) is 0 Å². The predicted molar refractivity (Wildman–Crippen MR) is 73.5 cm³/mol. The summed E-state index contributed by atoms with van der Waals surface area (Å²) in [5, 5.41) is 13.6. The van der Waals surface area contributed by atoms with Crippen molar-refractivity contribution in [1.29, 1.82) is 0 Å². The Labute approximate surface area is 120 Å². The van der Waals surface area contributed by atoms with Gasteiger partial charge in [-0.15, -0.1) is 0 Å². The highest BCUT2D eigenvalue weighted by Crippen LogP contribution is 2.20. The Morgan fingerprint density at radius 3 is 2.43 bits per heavy atom. The number of carboxylic acid groups (broad SMARTS) is 1. The van der Waals surface area contributed by atoms with Gasteiger partial charge in [-0.3, -0.25) is 0 Å². The van der Waals surface area contributed by atoms with Crippen LogP contribution < -0.4 is 10.6 Å². The van der Waals surface area contributed by atoms with Crippen LogP contribution in [-0.4, -0.2) is 49.2 Å². The number of carbonyl (C=O) groups is 2. The van der Waals surface area contributed by atoms with Crippen molar-refractivity contribution >= 4 is 17.7 Å². The lowest BCUT2D eigenvalue weighted by Crippen LogP contribution is -2.31. The minimum Gasteiger partial charge on any atom is -0.478 e. The molecule has 0 saturated carbocycles. The van der Waals surface area contributed by atoms with Crippen molar-refractivity contribution in [2.45, 2.75) is 6.42 Å². The number of hydrogen-bond acceptors (Lipinski definition) is 3. The fourth-order valence-electron chi connectivity index (χ4n) is 1.59. The van der Waals surface area contributed by atoms with Gasteiger partial charge in [0.2, 0.25) is 0 Å². The van der Waals surface area contributed by atoms with Gasteiger partial charge >= 0.3 is 12.0 Å². The summed E-state index contributed by atoms with van der Waals surface area (Å²) < 4.78 is 26.1. The van der Waals surface area contributed by atoms with E-state index in [9.17, 15) is 18.4 Å². The number of aromatic carboxylic acids is 1. The molecular weight excluding hydrogens is 284 g/mol. The van der Waals surface area contributed by atoms with Gasteiger partial charge in [-0.1, -0.05) is 0 Å². The van der Waals surface area contributed by atoms with Gasteiger partial charge < -0.3 is 20.6 Å². The highest BCUT2D eigenvalue weighted by molar-refractivity contribution is 6.00. The van der Waals surface area contributed by atoms with Crippen molar-refractivity contribution in [3.05, 3.63) is 29.3 Å². The standard InChI is InChI=1S/C13H17F2N3O3/c1-18(2)5-3-4-16-13(21)17-11-7-10(15)9(14)6-8(11)12(19)20/h6-7H,3-5H2,1-2H3,(H,19,20)(H2,16,17,21). The molecule has 1 aromatic carbocycles. The molecule has 0 unspecified atom stereocenters. The van der Waals surface area contributed by atoms with Crippen LogP contribution in [0.25, 0.3) is 0 Å². The lowest BCUT2D eigenvalue weighted by Gasteiger charge is -2.12. The van der Waals surface area contributed by atoms with Crippen LogP contribution in [0.1, 0.15) is 16.8 Å². The van der Waals surface area contributed by atoms with Crippen LogP contribution in [0.5, 0.6) is 0 Å². The first kappa shape index (κ1) is 16.8. The summed E-state index contributed by atoms with van der Waals surface area (Å²) in [6.45, 7) is 1.14. The Kier molecular flexibility index (Phi) is 6.04. The first-order valence-electron chi connectivity index (χ1n) is 6.23. The van der Waals surface area contributed by atoms with Crippen molar-refractivity contribution in [2.75, 3.05) is 32.5 Å². The van der Waals surface area contributed by atoms with E-state index in [2.05, 4.69) is 10.6 Å². The summed E-state index contributed by atoms with van der Waals surface area (Å²) in [6, 6.07) is 0.486. The van der Waals surface area contributed by atoms with Crippen molar-refractivity contribution in [1.82, 2.24) is 10.2 Å². The monoisotopic (exact) mass is 301 g/mol. The third-order valence-corrected chi connectivity index (χ3v) is 2.61. The molecule has 0 spiro atoms. The second-order valence-corrected chi connectivity index (χ2v) is 4.65. The molecule has 0 aliphatic rings. The average molecular weight is 301 g/mol. The highest BCUT2D eigenvalue weighted by Gasteiger charge is 2.16. The van der Waals surface area contributed by atoms with E-state index in [1.54, 1.807) is 0 Å². The Bertz CT molecular complexity index is 536. The topological polar surface area (TPSA) is 81.7 Å². The fraction of sp³-hybridized carbons (Fsp3) is 0.385. The van der Waals surface area contributed by atoms with Gasteiger partial charge in [-0.2, -0.15) is 0 Å². The van der Waals surface area contributed by atoms with Gasteiger partial charge in [0.15, 0.2) is 11.6 Å². The molecule has 0 aromatic heterocycles. The minimum absolute atomic E-state index is 0.300. The van der Waals surface area contributed by atoms with Crippen LogP contribution in [0.15, 0.2) is 12.1 Å². The van der Waals surface area contributed by atoms with Crippen LogP contribution in [0.2, 0.25) is 0 Å². The first-order valence-corrected chi connectivity index (χ1v) is 6.23. The Morgan fingerprint density at radius 1 is 1.24 bits per heavy atom. The number of hydrogen-bond donors (Lipinski definition) is 3. The van der Waals surface area contributed by atoms with Crippen LogP contribution in [0.3, 0.4) is 0 Å². The Balaban J connectivity index is 2.67. The van der Waals surface area contributed by atoms with Gasteiger partial charge in [0.25, 0.3) is 0 Å². The number of nitrogens with one attached hydrogen (secondary N) is 2. The van der Waals surface area contributed by atoms with E-state index < -0.39 is 29.2 Å². The van der Waals surface area contributed by atoms with Crippen molar-refractivity contribution in [2.24, 2.45) is 0 Å². The Hall–Kier alpha value is -2.22. The van der Waals surface area contributed by atoms with Crippen LogP contribution >= 0.6 is 0 Å². The number of rotatable bonds is 6. The molecule has 0 fully saturated rings. The third-order valence-electron chi connectivity index (χ3n) is 2.61. The second kappa shape index (κ2) is 7.53. The van der Waals surface area contributed by atoms with E-state index in [0.717, 1.165) is 6.54 Å². The highest BCUT2D eigenvalue weighted by atomic mass is 19.2. The number of anilines is 1. The third kappa shape index (κ3) is 5.35. The molecule has 6 nitrogen and oxygen atoms in total. The Morgan fingerprint density at radius 2 is 1.86 bits per heavy atom. The molecule has 0 radical (unpaired) electrons. The molecule has 3 N–H and O–H groups in total. The van der Waals surface area contributed by atoms with E-state index in [1.807, 2.05) is 19.0 Å². The molecule has 0 bridgehead atoms.